The number of aryl methyl sites for hydroxylation is 1. The molecule has 0 aliphatic carbocycles. The van der Waals surface area contributed by atoms with Crippen LogP contribution in [-0.4, -0.2) is 17.3 Å². The lowest BCUT2D eigenvalue weighted by Crippen LogP contribution is -2.06. The molecule has 2 rings (SSSR count). The average Bonchev–Trinajstić information content (AvgIpc) is 2.43. The lowest BCUT2D eigenvalue weighted by Gasteiger charge is -2.17. The molecule has 0 amide bonds. The monoisotopic (exact) mass is 273 g/mol. The minimum Gasteiger partial charge on any atom is -0.508 e. The lowest BCUT2D eigenvalue weighted by atomic mass is 10.1. The van der Waals surface area contributed by atoms with Crippen LogP contribution in [0.1, 0.15) is 24.1 Å². The number of methoxy groups -OCH3 is 1. The van der Waals surface area contributed by atoms with Crippen LogP contribution in [-0.2, 0) is 0 Å². The van der Waals surface area contributed by atoms with Gasteiger partial charge in [-0.2, -0.15) is 0 Å². The van der Waals surface area contributed by atoms with E-state index in [4.69, 9.17) is 4.74 Å². The van der Waals surface area contributed by atoms with Gasteiger partial charge >= 0.3 is 0 Å². The number of phenolic OH excluding ortho intramolecular Hbond substituents is 2. The molecule has 0 aliphatic heterocycles. The van der Waals surface area contributed by atoms with Crippen molar-refractivity contribution in [1.82, 2.24) is 0 Å². The molecule has 1 atom stereocenters. The predicted molar refractivity (Wildman–Crippen MR) is 79.5 cm³/mol. The number of ether oxygens (including phenoxy) is 1. The van der Waals surface area contributed by atoms with Gasteiger partial charge in [-0.15, -0.1) is 0 Å². The van der Waals surface area contributed by atoms with Crippen LogP contribution in [0.25, 0.3) is 0 Å². The van der Waals surface area contributed by atoms with Crippen molar-refractivity contribution in [2.75, 3.05) is 12.4 Å². The largest absolute Gasteiger partial charge is 0.508 e. The van der Waals surface area contributed by atoms with Gasteiger partial charge < -0.3 is 20.3 Å². The minimum atomic E-state index is 0.0200. The van der Waals surface area contributed by atoms with E-state index in [9.17, 15) is 10.2 Å². The molecule has 106 valence electrons. The van der Waals surface area contributed by atoms with Crippen molar-refractivity contribution in [2.45, 2.75) is 19.9 Å². The van der Waals surface area contributed by atoms with Crippen LogP contribution in [0.15, 0.2) is 36.4 Å². The Morgan fingerprint density at radius 2 is 1.80 bits per heavy atom. The normalized spacial score (nSPS) is 11.9. The molecule has 4 heteroatoms. The maximum Gasteiger partial charge on any atom is 0.160 e. The van der Waals surface area contributed by atoms with Crippen LogP contribution >= 0.6 is 0 Å². The Bertz CT molecular complexity index is 611. The molecule has 0 saturated carbocycles. The molecule has 3 N–H and O–H groups in total. The zero-order valence-electron chi connectivity index (χ0n) is 11.8. The van der Waals surface area contributed by atoms with Crippen LogP contribution in [0.5, 0.6) is 17.2 Å². The van der Waals surface area contributed by atoms with Crippen LogP contribution in [0.4, 0.5) is 5.69 Å². The third-order valence-corrected chi connectivity index (χ3v) is 3.30. The fourth-order valence-corrected chi connectivity index (χ4v) is 2.00. The molecule has 20 heavy (non-hydrogen) atoms. The van der Waals surface area contributed by atoms with Crippen molar-refractivity contribution < 1.29 is 14.9 Å². The number of aromatic hydroxyl groups is 2. The maximum absolute atomic E-state index is 9.71. The van der Waals surface area contributed by atoms with E-state index in [2.05, 4.69) is 5.32 Å². The Kier molecular flexibility index (Phi) is 4.03. The number of rotatable bonds is 4. The van der Waals surface area contributed by atoms with E-state index in [0.717, 1.165) is 16.8 Å². The highest BCUT2D eigenvalue weighted by molar-refractivity contribution is 5.53. The van der Waals surface area contributed by atoms with Crippen molar-refractivity contribution >= 4 is 5.69 Å². The molecule has 0 fully saturated rings. The molecule has 2 aromatic carbocycles. The second-order valence-electron chi connectivity index (χ2n) is 4.80. The second kappa shape index (κ2) is 5.74. The number of phenols is 2. The number of benzene rings is 2. The first kappa shape index (κ1) is 14.1. The van der Waals surface area contributed by atoms with E-state index < -0.39 is 0 Å². The highest BCUT2D eigenvalue weighted by atomic mass is 16.5. The third-order valence-electron chi connectivity index (χ3n) is 3.30. The smallest absolute Gasteiger partial charge is 0.160 e. The van der Waals surface area contributed by atoms with E-state index in [0.29, 0.717) is 5.75 Å². The van der Waals surface area contributed by atoms with Gasteiger partial charge in [0.15, 0.2) is 11.5 Å². The quantitative estimate of drug-likeness (QED) is 0.796. The summed E-state index contributed by atoms with van der Waals surface area (Å²) in [6.45, 7) is 3.86. The summed E-state index contributed by atoms with van der Waals surface area (Å²) in [5.41, 5.74) is 2.67. The molecular weight excluding hydrogens is 254 g/mol. The summed E-state index contributed by atoms with van der Waals surface area (Å²) in [5.74, 6) is 0.838. The van der Waals surface area contributed by atoms with Crippen LogP contribution in [0, 0.1) is 6.92 Å². The summed E-state index contributed by atoms with van der Waals surface area (Å²) in [5, 5.41) is 22.6. The molecule has 0 spiro atoms. The third kappa shape index (κ3) is 2.96. The second-order valence-corrected chi connectivity index (χ2v) is 4.80. The fourth-order valence-electron chi connectivity index (χ4n) is 2.00. The number of hydrogen-bond acceptors (Lipinski definition) is 4. The van der Waals surface area contributed by atoms with Gasteiger partial charge in [-0.1, -0.05) is 12.1 Å². The molecule has 0 saturated heterocycles. The van der Waals surface area contributed by atoms with Gasteiger partial charge in [0, 0.05) is 17.8 Å². The zero-order valence-corrected chi connectivity index (χ0v) is 11.8. The van der Waals surface area contributed by atoms with Crippen molar-refractivity contribution in [3.63, 3.8) is 0 Å². The first-order valence-corrected chi connectivity index (χ1v) is 6.44. The summed E-state index contributed by atoms with van der Waals surface area (Å²) in [4.78, 5) is 0. The molecule has 0 heterocycles. The van der Waals surface area contributed by atoms with Gasteiger partial charge in [-0.05, 0) is 43.2 Å². The van der Waals surface area contributed by atoms with E-state index in [-0.39, 0.29) is 17.5 Å². The molecule has 4 nitrogen and oxygen atoms in total. The standard InChI is InChI=1S/C16H19NO3/c1-10-4-6-13(9-15(10)19)17-11(2)12-5-7-14(18)16(8-12)20-3/h4-9,11,17-19H,1-3H3. The summed E-state index contributed by atoms with van der Waals surface area (Å²) in [6, 6.07) is 10.7. The highest BCUT2D eigenvalue weighted by Gasteiger charge is 2.10. The summed E-state index contributed by atoms with van der Waals surface area (Å²) < 4.78 is 5.10. The Morgan fingerprint density at radius 3 is 2.45 bits per heavy atom. The first-order chi connectivity index (χ1) is 9.51. The van der Waals surface area contributed by atoms with Crippen molar-refractivity contribution in [3.8, 4) is 17.2 Å². The summed E-state index contributed by atoms with van der Waals surface area (Å²) in [6.07, 6.45) is 0. The van der Waals surface area contributed by atoms with Gasteiger partial charge in [-0.25, -0.2) is 0 Å². The van der Waals surface area contributed by atoms with Gasteiger partial charge in [0.05, 0.1) is 7.11 Å². The Balaban J connectivity index is 2.19. The van der Waals surface area contributed by atoms with Crippen molar-refractivity contribution in [1.29, 1.82) is 0 Å². The SMILES string of the molecule is COc1cc(C(C)Nc2ccc(C)c(O)c2)ccc1O. The molecule has 2 aromatic rings. The molecule has 0 aromatic heterocycles. The van der Waals surface area contributed by atoms with Gasteiger partial charge in [-0.3, -0.25) is 0 Å². The Hall–Kier alpha value is -2.36. The van der Waals surface area contributed by atoms with Crippen LogP contribution in [0.3, 0.4) is 0 Å². The van der Waals surface area contributed by atoms with Gasteiger partial charge in [0.1, 0.15) is 5.75 Å². The van der Waals surface area contributed by atoms with Gasteiger partial charge in [0.25, 0.3) is 0 Å². The average molecular weight is 273 g/mol. The fraction of sp³-hybridized carbons (Fsp3) is 0.250. The first-order valence-electron chi connectivity index (χ1n) is 6.44. The predicted octanol–water partition coefficient (Wildman–Crippen LogP) is 3.59. The van der Waals surface area contributed by atoms with Crippen LogP contribution < -0.4 is 10.1 Å². The lowest BCUT2D eigenvalue weighted by molar-refractivity contribution is 0.373. The van der Waals surface area contributed by atoms with E-state index in [1.807, 2.05) is 32.0 Å². The molecule has 0 radical (unpaired) electrons. The molecule has 0 aliphatic rings. The minimum absolute atomic E-state index is 0.0200. The van der Waals surface area contributed by atoms with E-state index >= 15 is 0 Å². The molecular formula is C16H19NO3. The Labute approximate surface area is 118 Å². The zero-order chi connectivity index (χ0) is 14.7. The van der Waals surface area contributed by atoms with Crippen molar-refractivity contribution in [3.05, 3.63) is 47.5 Å². The molecule has 1 unspecified atom stereocenters. The highest BCUT2D eigenvalue weighted by Crippen LogP contribution is 2.30. The van der Waals surface area contributed by atoms with Gasteiger partial charge in [0.2, 0.25) is 0 Å². The molecule has 0 bridgehead atoms. The van der Waals surface area contributed by atoms with Crippen LogP contribution in [0.2, 0.25) is 0 Å². The number of anilines is 1. The number of hydrogen-bond donors (Lipinski definition) is 3. The van der Waals surface area contributed by atoms with E-state index in [1.165, 1.54) is 7.11 Å². The summed E-state index contributed by atoms with van der Waals surface area (Å²) >= 11 is 0. The van der Waals surface area contributed by atoms with E-state index in [1.54, 1.807) is 18.2 Å². The maximum atomic E-state index is 9.71. The summed E-state index contributed by atoms with van der Waals surface area (Å²) in [7, 11) is 1.52. The Morgan fingerprint density at radius 1 is 1.05 bits per heavy atom. The topological polar surface area (TPSA) is 61.7 Å². The van der Waals surface area contributed by atoms with Crippen molar-refractivity contribution in [2.24, 2.45) is 0 Å². The number of nitrogens with one attached hydrogen (secondary N) is 1.